The van der Waals surface area contributed by atoms with E-state index in [1.165, 1.54) is 0 Å². The van der Waals surface area contributed by atoms with E-state index >= 15 is 0 Å². The van der Waals surface area contributed by atoms with E-state index < -0.39 is 0 Å². The molecular weight excluding hydrogens is 230 g/mol. The Labute approximate surface area is 105 Å². The van der Waals surface area contributed by atoms with E-state index in [0.29, 0.717) is 30.2 Å². The molecule has 0 radical (unpaired) electrons. The Hall–Kier alpha value is -2.48. The van der Waals surface area contributed by atoms with Crippen molar-refractivity contribution in [1.29, 1.82) is 5.26 Å². The van der Waals surface area contributed by atoms with Gasteiger partial charge in [-0.05, 0) is 12.1 Å². The predicted octanol–water partition coefficient (Wildman–Crippen LogP) is 1.84. The second-order valence-corrected chi connectivity index (χ2v) is 3.63. The fraction of sp³-hybridized carbons (Fsp3) is 0.231. The van der Waals surface area contributed by atoms with Crippen LogP contribution in [0.25, 0.3) is 0 Å². The summed E-state index contributed by atoms with van der Waals surface area (Å²) in [6, 6.07) is 7.16. The van der Waals surface area contributed by atoms with Crippen LogP contribution in [0.4, 0.5) is 0 Å². The van der Waals surface area contributed by atoms with Crippen LogP contribution in [0.15, 0.2) is 36.9 Å². The van der Waals surface area contributed by atoms with Crippen molar-refractivity contribution in [2.75, 3.05) is 13.7 Å². The summed E-state index contributed by atoms with van der Waals surface area (Å²) < 4.78 is 12.7. The lowest BCUT2D eigenvalue weighted by atomic mass is 10.2. The van der Waals surface area contributed by atoms with Gasteiger partial charge < -0.3 is 14.0 Å². The first kappa shape index (κ1) is 12.0. The summed E-state index contributed by atoms with van der Waals surface area (Å²) in [5.41, 5.74) is 0.550. The third-order valence-corrected chi connectivity index (χ3v) is 2.46. The Kier molecular flexibility index (Phi) is 3.82. The Morgan fingerprint density at radius 3 is 2.94 bits per heavy atom. The van der Waals surface area contributed by atoms with Crippen molar-refractivity contribution in [3.8, 4) is 17.6 Å². The van der Waals surface area contributed by atoms with Crippen LogP contribution in [0.5, 0.6) is 11.5 Å². The molecule has 1 heterocycles. The molecule has 0 amide bonds. The lowest BCUT2D eigenvalue weighted by Gasteiger charge is -2.10. The highest BCUT2D eigenvalue weighted by atomic mass is 16.5. The molecule has 18 heavy (non-hydrogen) atoms. The number of nitrogens with zero attached hydrogens (tertiary/aromatic N) is 3. The van der Waals surface area contributed by atoms with Gasteiger partial charge in [0, 0.05) is 18.5 Å². The highest BCUT2D eigenvalue weighted by molar-refractivity contribution is 5.46. The molecule has 0 aliphatic carbocycles. The molecule has 92 valence electrons. The fourth-order valence-corrected chi connectivity index (χ4v) is 1.54. The van der Waals surface area contributed by atoms with Gasteiger partial charge in [-0.3, -0.25) is 0 Å². The molecule has 2 aromatic rings. The van der Waals surface area contributed by atoms with Crippen molar-refractivity contribution in [2.45, 2.75) is 6.54 Å². The molecule has 5 heteroatoms. The van der Waals surface area contributed by atoms with Crippen LogP contribution < -0.4 is 9.47 Å². The summed E-state index contributed by atoms with van der Waals surface area (Å²) in [5, 5.41) is 8.79. The van der Waals surface area contributed by atoms with Crippen LogP contribution >= 0.6 is 0 Å². The molecule has 0 saturated heterocycles. The summed E-state index contributed by atoms with van der Waals surface area (Å²) in [4.78, 5) is 3.95. The Bertz CT molecular complexity index is 544. The number of ether oxygens (including phenoxy) is 2. The van der Waals surface area contributed by atoms with Gasteiger partial charge in [-0.2, -0.15) is 5.26 Å². The minimum atomic E-state index is 0.513. The minimum absolute atomic E-state index is 0.513. The molecule has 1 aromatic heterocycles. The van der Waals surface area contributed by atoms with E-state index in [0.717, 1.165) is 0 Å². The van der Waals surface area contributed by atoms with Crippen molar-refractivity contribution in [3.63, 3.8) is 0 Å². The van der Waals surface area contributed by atoms with Gasteiger partial charge in [0.15, 0.2) is 11.5 Å². The molecule has 0 aliphatic rings. The van der Waals surface area contributed by atoms with Crippen LogP contribution in [0.2, 0.25) is 0 Å². The lowest BCUT2D eigenvalue weighted by molar-refractivity contribution is 0.279. The summed E-state index contributed by atoms with van der Waals surface area (Å²) in [7, 11) is 1.55. The van der Waals surface area contributed by atoms with Crippen LogP contribution in [0.3, 0.4) is 0 Å². The second-order valence-electron chi connectivity index (χ2n) is 3.63. The maximum absolute atomic E-state index is 8.79. The van der Waals surface area contributed by atoms with E-state index in [-0.39, 0.29) is 0 Å². The maximum atomic E-state index is 8.79. The zero-order chi connectivity index (χ0) is 12.8. The van der Waals surface area contributed by atoms with Crippen molar-refractivity contribution in [3.05, 3.63) is 42.5 Å². The Balaban J connectivity index is 1.98. The maximum Gasteiger partial charge on any atom is 0.162 e. The number of hydrogen-bond donors (Lipinski definition) is 0. The first-order chi connectivity index (χ1) is 8.83. The molecule has 0 fully saturated rings. The van der Waals surface area contributed by atoms with Crippen molar-refractivity contribution < 1.29 is 9.47 Å². The third kappa shape index (κ3) is 2.80. The lowest BCUT2D eigenvalue weighted by Crippen LogP contribution is -2.07. The van der Waals surface area contributed by atoms with Gasteiger partial charge in [-0.1, -0.05) is 0 Å². The smallest absolute Gasteiger partial charge is 0.162 e. The van der Waals surface area contributed by atoms with Crippen LogP contribution in [0, 0.1) is 11.3 Å². The van der Waals surface area contributed by atoms with E-state index in [2.05, 4.69) is 11.1 Å². The number of nitriles is 1. The summed E-state index contributed by atoms with van der Waals surface area (Å²) in [6.07, 6.45) is 5.33. The average molecular weight is 243 g/mol. The molecule has 0 unspecified atom stereocenters. The largest absolute Gasteiger partial charge is 0.493 e. The normalized spacial score (nSPS) is 9.78. The molecule has 0 saturated carbocycles. The molecule has 0 aliphatic heterocycles. The molecule has 0 spiro atoms. The van der Waals surface area contributed by atoms with Crippen molar-refractivity contribution in [2.24, 2.45) is 0 Å². The van der Waals surface area contributed by atoms with E-state index in [1.807, 2.05) is 10.8 Å². The van der Waals surface area contributed by atoms with Gasteiger partial charge in [0.2, 0.25) is 0 Å². The molecule has 0 atom stereocenters. The van der Waals surface area contributed by atoms with Gasteiger partial charge in [-0.25, -0.2) is 4.98 Å². The number of methoxy groups -OCH3 is 1. The highest BCUT2D eigenvalue weighted by Gasteiger charge is 2.05. The summed E-state index contributed by atoms with van der Waals surface area (Å²) in [6.45, 7) is 1.22. The second kappa shape index (κ2) is 5.73. The first-order valence-electron chi connectivity index (χ1n) is 5.50. The van der Waals surface area contributed by atoms with E-state index in [9.17, 15) is 0 Å². The first-order valence-corrected chi connectivity index (χ1v) is 5.50. The zero-order valence-electron chi connectivity index (χ0n) is 10.0. The topological polar surface area (TPSA) is 60.1 Å². The van der Waals surface area contributed by atoms with Crippen molar-refractivity contribution in [1.82, 2.24) is 9.55 Å². The van der Waals surface area contributed by atoms with Crippen LogP contribution in [-0.2, 0) is 6.54 Å². The van der Waals surface area contributed by atoms with E-state index in [4.69, 9.17) is 14.7 Å². The molecule has 2 rings (SSSR count). The van der Waals surface area contributed by atoms with Crippen molar-refractivity contribution >= 4 is 0 Å². The van der Waals surface area contributed by atoms with E-state index in [1.54, 1.807) is 37.8 Å². The van der Waals surface area contributed by atoms with Gasteiger partial charge in [-0.15, -0.1) is 0 Å². The summed E-state index contributed by atoms with van der Waals surface area (Å²) in [5.74, 6) is 1.20. The zero-order valence-corrected chi connectivity index (χ0v) is 10.0. The highest BCUT2D eigenvalue weighted by Crippen LogP contribution is 2.27. The molecule has 0 N–H and O–H groups in total. The summed E-state index contributed by atoms with van der Waals surface area (Å²) >= 11 is 0. The Morgan fingerprint density at radius 2 is 2.28 bits per heavy atom. The fourth-order valence-electron chi connectivity index (χ4n) is 1.54. The number of aromatic nitrogens is 2. The number of hydrogen-bond acceptors (Lipinski definition) is 4. The monoisotopic (exact) mass is 243 g/mol. The standard InChI is InChI=1S/C13H13N3O2/c1-17-13-8-11(9-14)2-3-12(13)18-7-6-16-5-4-15-10-16/h2-5,8,10H,6-7H2,1H3. The number of benzene rings is 1. The number of imidazole rings is 1. The quantitative estimate of drug-likeness (QED) is 0.804. The molecular formula is C13H13N3O2. The van der Waals surface area contributed by atoms with Gasteiger partial charge >= 0.3 is 0 Å². The molecule has 5 nitrogen and oxygen atoms in total. The predicted molar refractivity (Wildman–Crippen MR) is 65.4 cm³/mol. The van der Waals surface area contributed by atoms with Gasteiger partial charge in [0.1, 0.15) is 6.61 Å². The van der Waals surface area contributed by atoms with Crippen LogP contribution in [-0.4, -0.2) is 23.3 Å². The third-order valence-electron chi connectivity index (χ3n) is 2.46. The van der Waals surface area contributed by atoms with Crippen LogP contribution in [0.1, 0.15) is 5.56 Å². The minimum Gasteiger partial charge on any atom is -0.493 e. The average Bonchev–Trinajstić information content (AvgIpc) is 2.92. The van der Waals surface area contributed by atoms with Gasteiger partial charge in [0.25, 0.3) is 0 Å². The SMILES string of the molecule is COc1cc(C#N)ccc1OCCn1ccnc1. The molecule has 0 bridgehead atoms. The Morgan fingerprint density at radius 1 is 1.39 bits per heavy atom. The number of rotatable bonds is 5. The van der Waals surface area contributed by atoms with Gasteiger partial charge in [0.05, 0.1) is 31.6 Å². The molecule has 1 aromatic carbocycles.